The van der Waals surface area contributed by atoms with Crippen LogP contribution in [-0.2, 0) is 47.7 Å². The van der Waals surface area contributed by atoms with Gasteiger partial charge >= 0.3 is 17.9 Å². The molecule has 276 valence electrons. The van der Waals surface area contributed by atoms with Gasteiger partial charge in [0.2, 0.25) is 6.41 Å². The molecule has 0 heterocycles. The average Bonchev–Trinajstić information content (AvgIpc) is 3.09. The van der Waals surface area contributed by atoms with Gasteiger partial charge in [-0.25, -0.2) is 9.59 Å². The van der Waals surface area contributed by atoms with E-state index in [9.17, 15) is 19.2 Å². The number of amides is 1. The van der Waals surface area contributed by atoms with Gasteiger partial charge in [0.1, 0.15) is 33.2 Å². The molecule has 0 aliphatic carbocycles. The summed E-state index contributed by atoms with van der Waals surface area (Å²) in [6, 6.07) is 0. The van der Waals surface area contributed by atoms with E-state index in [1.807, 2.05) is 0 Å². The Bertz CT molecular complexity index is 1030. The molecule has 0 saturated heterocycles. The fourth-order valence-electron chi connectivity index (χ4n) is 4.28. The van der Waals surface area contributed by atoms with Gasteiger partial charge in [0.15, 0.2) is 6.10 Å². The van der Waals surface area contributed by atoms with E-state index in [1.54, 1.807) is 17.7 Å². The number of unbranched alkanes of at least 4 members (excludes halogenated alkanes) is 10. The number of nitrogens with one attached hydrogen (secondary N) is 1. The summed E-state index contributed by atoms with van der Waals surface area (Å²) in [5, 5.41) is 23.2. The minimum Gasteiger partial charge on any atom is -0.458 e. The molecule has 0 aliphatic rings. The molecule has 0 spiro atoms. The predicted octanol–water partition coefficient (Wildman–Crippen LogP) is 4.36. The summed E-state index contributed by atoms with van der Waals surface area (Å²) in [5.74, 6) is -1.82. The number of rotatable bonds is 34. The van der Waals surface area contributed by atoms with E-state index < -0.39 is 24.0 Å². The van der Waals surface area contributed by atoms with E-state index in [1.165, 1.54) is 11.9 Å². The van der Waals surface area contributed by atoms with Crippen LogP contribution >= 0.6 is 0 Å². The SMILES string of the molecule is C=CC(=O)OCC(COC(=O)C(=C)C)OC(=O)CCCCCCCN(OCNCCCCCCOC#N)N(C=O)CCCCCCOC#N. The van der Waals surface area contributed by atoms with E-state index in [0.29, 0.717) is 32.7 Å². The highest BCUT2D eigenvalue weighted by molar-refractivity contribution is 5.87. The molecular formula is C34H55N5O10. The Morgan fingerprint density at radius 3 is 2.00 bits per heavy atom. The summed E-state index contributed by atoms with van der Waals surface area (Å²) in [5.41, 5.74) is 0.191. The minimum atomic E-state index is -0.950. The molecule has 15 nitrogen and oxygen atoms in total. The van der Waals surface area contributed by atoms with E-state index >= 15 is 0 Å². The molecule has 1 atom stereocenters. The molecule has 1 unspecified atom stereocenters. The molecule has 1 N–H and O–H groups in total. The van der Waals surface area contributed by atoms with Crippen LogP contribution in [0.15, 0.2) is 24.8 Å². The normalized spacial score (nSPS) is 11.0. The highest BCUT2D eigenvalue weighted by atomic mass is 16.7. The zero-order chi connectivity index (χ0) is 36.4. The molecule has 0 aliphatic heterocycles. The van der Waals surface area contributed by atoms with E-state index in [-0.39, 0.29) is 31.9 Å². The second kappa shape index (κ2) is 32.4. The first kappa shape index (κ1) is 44.8. The van der Waals surface area contributed by atoms with Gasteiger partial charge in [-0.3, -0.25) is 24.8 Å². The number of hydrazine groups is 1. The molecule has 0 fully saturated rings. The largest absolute Gasteiger partial charge is 0.458 e. The van der Waals surface area contributed by atoms with Crippen molar-refractivity contribution >= 4 is 24.3 Å². The molecule has 0 saturated carbocycles. The van der Waals surface area contributed by atoms with Crippen molar-refractivity contribution in [2.75, 3.05) is 52.8 Å². The smallest absolute Gasteiger partial charge is 0.333 e. The molecular weight excluding hydrogens is 638 g/mol. The maximum absolute atomic E-state index is 12.4. The molecule has 0 bridgehead atoms. The zero-order valence-electron chi connectivity index (χ0n) is 29.1. The first-order valence-corrected chi connectivity index (χ1v) is 16.9. The second-order valence-corrected chi connectivity index (χ2v) is 11.2. The van der Waals surface area contributed by atoms with Crippen LogP contribution in [0.4, 0.5) is 0 Å². The number of hydrogen-bond acceptors (Lipinski definition) is 14. The summed E-state index contributed by atoms with van der Waals surface area (Å²) >= 11 is 0. The zero-order valence-corrected chi connectivity index (χ0v) is 29.1. The first-order valence-electron chi connectivity index (χ1n) is 16.9. The van der Waals surface area contributed by atoms with Crippen molar-refractivity contribution in [3.63, 3.8) is 0 Å². The monoisotopic (exact) mass is 693 g/mol. The van der Waals surface area contributed by atoms with Crippen LogP contribution in [0.1, 0.15) is 96.8 Å². The van der Waals surface area contributed by atoms with Crippen LogP contribution in [0.3, 0.4) is 0 Å². The van der Waals surface area contributed by atoms with Gasteiger partial charge in [-0.1, -0.05) is 50.4 Å². The third-order valence-corrected chi connectivity index (χ3v) is 6.94. The summed E-state index contributed by atoms with van der Waals surface area (Å²) in [6.45, 7) is 10.6. The van der Waals surface area contributed by atoms with Gasteiger partial charge < -0.3 is 23.7 Å². The number of nitriles is 2. The number of hydrogen-bond donors (Lipinski definition) is 1. The van der Waals surface area contributed by atoms with Crippen LogP contribution < -0.4 is 5.32 Å². The average molecular weight is 694 g/mol. The maximum Gasteiger partial charge on any atom is 0.333 e. The lowest BCUT2D eigenvalue weighted by Gasteiger charge is -2.31. The first-order chi connectivity index (χ1) is 23.8. The molecule has 0 radical (unpaired) electrons. The number of ether oxygens (including phenoxy) is 5. The van der Waals surface area contributed by atoms with Crippen LogP contribution in [0.25, 0.3) is 0 Å². The number of nitrogens with zero attached hydrogens (tertiary/aromatic N) is 4. The van der Waals surface area contributed by atoms with Crippen molar-refractivity contribution in [3.8, 4) is 12.5 Å². The van der Waals surface area contributed by atoms with Crippen LogP contribution in [0, 0.1) is 23.0 Å². The van der Waals surface area contributed by atoms with Crippen LogP contribution in [-0.4, -0.2) is 93.4 Å². The molecule has 0 aromatic carbocycles. The van der Waals surface area contributed by atoms with Crippen molar-refractivity contribution in [2.24, 2.45) is 0 Å². The van der Waals surface area contributed by atoms with E-state index in [0.717, 1.165) is 96.1 Å². The van der Waals surface area contributed by atoms with Crippen molar-refractivity contribution < 1.29 is 47.7 Å². The summed E-state index contributed by atoms with van der Waals surface area (Å²) < 4.78 is 24.7. The second-order valence-electron chi connectivity index (χ2n) is 11.2. The molecule has 1 amide bonds. The lowest BCUT2D eigenvalue weighted by molar-refractivity contribution is -0.273. The number of hydroxylamine groups is 1. The molecule has 15 heteroatoms. The van der Waals surface area contributed by atoms with Crippen molar-refractivity contribution in [1.82, 2.24) is 15.5 Å². The maximum atomic E-state index is 12.4. The molecule has 49 heavy (non-hydrogen) atoms. The predicted molar refractivity (Wildman–Crippen MR) is 178 cm³/mol. The standard InChI is InChI=1S/C34H55N5O10/c1-4-32(41)46-24-31(25-47-34(43)30(2)3)49-33(42)18-12-6-5-8-15-21-39(38(29-40)20-14-9-11-17-23-45-27-36)48-28-37-19-13-7-10-16-22-44-26-35/h4,29,31,37H,1-2,5-25,28H2,3H3. The van der Waals surface area contributed by atoms with Crippen molar-refractivity contribution in [1.29, 1.82) is 10.5 Å². The quantitative estimate of drug-likeness (QED) is 0.0146. The third kappa shape index (κ3) is 27.5. The number of carbonyl (C=O) groups excluding carboxylic acids is 4. The highest BCUT2D eigenvalue weighted by Crippen LogP contribution is 2.11. The molecule has 0 aromatic rings. The lowest BCUT2D eigenvalue weighted by atomic mass is 10.1. The van der Waals surface area contributed by atoms with Gasteiger partial charge in [-0.15, -0.1) is 0 Å². The topological polar surface area (TPSA) is 190 Å². The van der Waals surface area contributed by atoms with Crippen molar-refractivity contribution in [3.05, 3.63) is 24.8 Å². The van der Waals surface area contributed by atoms with E-state index in [4.69, 9.17) is 34.3 Å². The highest BCUT2D eigenvalue weighted by Gasteiger charge is 2.19. The molecule has 0 rings (SSSR count). The Labute approximate surface area is 291 Å². The van der Waals surface area contributed by atoms with Gasteiger partial charge in [0, 0.05) is 31.2 Å². The summed E-state index contributed by atoms with van der Waals surface area (Å²) in [6.07, 6.45) is 15.2. The molecule has 0 aromatic heterocycles. The van der Waals surface area contributed by atoms with Gasteiger partial charge in [0.25, 0.3) is 12.5 Å². The Balaban J connectivity index is 4.61. The summed E-state index contributed by atoms with van der Waals surface area (Å²) in [7, 11) is 0. The van der Waals surface area contributed by atoms with Gasteiger partial charge in [-0.05, 0) is 64.8 Å². The Hall–Kier alpha value is -4.18. The van der Waals surface area contributed by atoms with Gasteiger partial charge in [-0.2, -0.15) is 10.5 Å². The van der Waals surface area contributed by atoms with Crippen LogP contribution in [0.2, 0.25) is 0 Å². The lowest BCUT2D eigenvalue weighted by Crippen LogP contribution is -2.44. The Morgan fingerprint density at radius 1 is 0.816 bits per heavy atom. The van der Waals surface area contributed by atoms with Gasteiger partial charge in [0.05, 0.1) is 0 Å². The fourth-order valence-corrected chi connectivity index (χ4v) is 4.28. The van der Waals surface area contributed by atoms with Crippen molar-refractivity contribution in [2.45, 2.75) is 103 Å². The third-order valence-electron chi connectivity index (χ3n) is 6.94. The van der Waals surface area contributed by atoms with Crippen LogP contribution in [0.5, 0.6) is 0 Å². The Morgan fingerprint density at radius 2 is 1.39 bits per heavy atom. The minimum absolute atomic E-state index is 0.149. The number of carbonyl (C=O) groups is 4. The number of esters is 3. The fraction of sp³-hybridized carbons (Fsp3) is 0.706. The summed E-state index contributed by atoms with van der Waals surface area (Å²) in [4.78, 5) is 53.4. The Kier molecular flexibility index (Phi) is 29.6. The van der Waals surface area contributed by atoms with E-state index in [2.05, 4.69) is 23.2 Å².